The molecule has 0 bridgehead atoms. The number of hydrogen-bond acceptors (Lipinski definition) is 4. The fourth-order valence-electron chi connectivity index (χ4n) is 3.21. The average molecular weight is 401 g/mol. The second kappa shape index (κ2) is 8.22. The van der Waals surface area contributed by atoms with Crippen LogP contribution in [0.5, 0.6) is 0 Å². The lowest BCUT2D eigenvalue weighted by Gasteiger charge is -2.28. The van der Waals surface area contributed by atoms with Crippen molar-refractivity contribution in [1.82, 2.24) is 15.6 Å². The maximum absolute atomic E-state index is 12.1. The van der Waals surface area contributed by atoms with Gasteiger partial charge in [-0.05, 0) is 25.0 Å². The summed E-state index contributed by atoms with van der Waals surface area (Å²) in [5.41, 5.74) is 0.962. The van der Waals surface area contributed by atoms with Crippen molar-refractivity contribution in [2.45, 2.75) is 24.9 Å². The van der Waals surface area contributed by atoms with E-state index < -0.39 is 24.7 Å². The molecule has 0 radical (unpaired) electrons. The van der Waals surface area contributed by atoms with Crippen molar-refractivity contribution in [1.29, 1.82) is 0 Å². The number of piperidine rings is 1. The predicted molar refractivity (Wildman–Crippen MR) is 94.8 cm³/mol. The predicted octanol–water partition coefficient (Wildman–Crippen LogP) is 1.45. The molecular weight excluding hydrogens is 381 g/mol. The first kappa shape index (κ1) is 19.6. The lowest BCUT2D eigenvalue weighted by Crippen LogP contribution is -3.14. The fraction of sp³-hybridized carbons (Fsp3) is 0.471. The molecule has 1 saturated heterocycles. The molecule has 0 spiro atoms. The first-order valence-electron chi connectivity index (χ1n) is 8.63. The van der Waals surface area contributed by atoms with Crippen LogP contribution in [-0.4, -0.2) is 49.3 Å². The van der Waals surface area contributed by atoms with Crippen molar-refractivity contribution in [3.05, 3.63) is 29.3 Å². The van der Waals surface area contributed by atoms with Crippen LogP contribution >= 0.6 is 11.3 Å². The van der Waals surface area contributed by atoms with Crippen LogP contribution in [0, 0.1) is 0 Å². The van der Waals surface area contributed by atoms with E-state index in [9.17, 15) is 22.8 Å². The Balaban J connectivity index is 1.52. The van der Waals surface area contributed by atoms with Crippen LogP contribution in [0.15, 0.2) is 24.3 Å². The van der Waals surface area contributed by atoms with Crippen molar-refractivity contribution in [2.75, 3.05) is 26.2 Å². The quantitative estimate of drug-likeness (QED) is 0.726. The first-order valence-corrected chi connectivity index (χ1v) is 9.45. The first-order chi connectivity index (χ1) is 12.8. The molecule has 0 saturated carbocycles. The number of imide groups is 1. The molecule has 0 aliphatic carbocycles. The molecule has 6 nitrogen and oxygen atoms in total. The van der Waals surface area contributed by atoms with E-state index in [0.717, 1.165) is 39.5 Å². The van der Waals surface area contributed by atoms with E-state index in [0.29, 0.717) is 6.54 Å². The van der Waals surface area contributed by atoms with Crippen molar-refractivity contribution in [3.8, 4) is 0 Å². The second-order valence-corrected chi connectivity index (χ2v) is 7.65. The summed E-state index contributed by atoms with van der Waals surface area (Å²) in [6.07, 6.45) is -2.61. The number of urea groups is 1. The molecule has 10 heteroatoms. The van der Waals surface area contributed by atoms with Gasteiger partial charge in [0.2, 0.25) is 0 Å². The van der Waals surface area contributed by atoms with E-state index in [1.54, 1.807) is 16.7 Å². The highest BCUT2D eigenvalue weighted by atomic mass is 32.1. The number of rotatable bonds is 4. The zero-order valence-electron chi connectivity index (χ0n) is 14.4. The Morgan fingerprint density at radius 2 is 2.07 bits per heavy atom. The standard InChI is InChI=1S/C17H19F3N4O2S/c18-17(19,20)10-21-16(26)23-14(25)9-24-7-3-4-11(8-24)15-22-12-5-1-2-6-13(12)27-15/h1-2,5-6,11H,3-4,7-10H2,(H2,21,23,25,26)/p+1/t11-/m0/s1. The van der Waals surface area contributed by atoms with Gasteiger partial charge in [-0.2, -0.15) is 13.2 Å². The number of alkyl halides is 3. The number of benzene rings is 1. The molecule has 1 unspecified atom stereocenters. The smallest absolute Gasteiger partial charge is 0.329 e. The van der Waals surface area contributed by atoms with E-state index in [1.165, 1.54) is 0 Å². The molecule has 1 aromatic heterocycles. The number of fused-ring (bicyclic) bond motifs is 1. The van der Waals surface area contributed by atoms with Crippen LogP contribution < -0.4 is 15.5 Å². The molecule has 146 valence electrons. The third kappa shape index (κ3) is 5.64. The highest BCUT2D eigenvalue weighted by molar-refractivity contribution is 7.18. The molecule has 1 aliphatic rings. The van der Waals surface area contributed by atoms with Gasteiger partial charge in [-0.15, -0.1) is 11.3 Å². The van der Waals surface area contributed by atoms with Gasteiger partial charge in [-0.3, -0.25) is 10.1 Å². The molecule has 1 aliphatic heterocycles. The number of likely N-dealkylation sites (tertiary alicyclic amines) is 1. The monoisotopic (exact) mass is 401 g/mol. The minimum Gasteiger partial charge on any atom is -0.329 e. The van der Waals surface area contributed by atoms with Crippen LogP contribution in [0.3, 0.4) is 0 Å². The van der Waals surface area contributed by atoms with Crippen LogP contribution in [0.25, 0.3) is 10.2 Å². The normalized spacial score (nSPS) is 20.4. The summed E-state index contributed by atoms with van der Waals surface area (Å²) in [4.78, 5) is 29.0. The Morgan fingerprint density at radius 3 is 2.81 bits per heavy atom. The number of para-hydroxylation sites is 1. The summed E-state index contributed by atoms with van der Waals surface area (Å²) in [5.74, 6) is -0.354. The second-order valence-electron chi connectivity index (χ2n) is 6.59. The number of halogens is 3. The molecule has 2 aromatic rings. The van der Waals surface area contributed by atoms with Gasteiger partial charge in [-0.25, -0.2) is 9.78 Å². The Kier molecular flexibility index (Phi) is 5.95. The minimum atomic E-state index is -4.51. The number of thiazole rings is 1. The molecule has 3 rings (SSSR count). The Morgan fingerprint density at radius 1 is 1.30 bits per heavy atom. The molecule has 2 heterocycles. The Hall–Kier alpha value is -2.20. The molecule has 1 fully saturated rings. The summed E-state index contributed by atoms with van der Waals surface area (Å²) in [7, 11) is 0. The number of carbonyl (C=O) groups excluding carboxylic acids is 2. The SMILES string of the molecule is O=C(C[NH+]1CCC[C@H](c2nc3ccccc3s2)C1)NC(=O)NCC(F)(F)F. The molecule has 1 aromatic carbocycles. The highest BCUT2D eigenvalue weighted by Gasteiger charge is 2.30. The van der Waals surface area contributed by atoms with Gasteiger partial charge < -0.3 is 10.2 Å². The van der Waals surface area contributed by atoms with Crippen LogP contribution in [0.2, 0.25) is 0 Å². The van der Waals surface area contributed by atoms with Gasteiger partial charge in [-0.1, -0.05) is 12.1 Å². The maximum Gasteiger partial charge on any atom is 0.405 e. The summed E-state index contributed by atoms with van der Waals surface area (Å²) in [6, 6.07) is 6.78. The summed E-state index contributed by atoms with van der Waals surface area (Å²) < 4.78 is 37.3. The van der Waals surface area contributed by atoms with E-state index in [1.807, 2.05) is 29.6 Å². The molecule has 2 atom stereocenters. The fourth-order valence-corrected chi connectivity index (χ4v) is 4.31. The van der Waals surface area contributed by atoms with Crippen LogP contribution in [-0.2, 0) is 4.79 Å². The van der Waals surface area contributed by atoms with Gasteiger partial charge in [0, 0.05) is 0 Å². The number of amides is 3. The third-order valence-corrected chi connectivity index (χ3v) is 5.59. The van der Waals surface area contributed by atoms with Gasteiger partial charge in [0.15, 0.2) is 6.54 Å². The summed E-state index contributed by atoms with van der Waals surface area (Å²) >= 11 is 1.65. The molecule has 27 heavy (non-hydrogen) atoms. The Bertz CT molecular complexity index is 791. The number of aromatic nitrogens is 1. The molecule has 3 N–H and O–H groups in total. The van der Waals surface area contributed by atoms with Crippen molar-refractivity contribution in [3.63, 3.8) is 0 Å². The largest absolute Gasteiger partial charge is 0.405 e. The third-order valence-electron chi connectivity index (χ3n) is 4.39. The topological polar surface area (TPSA) is 75.5 Å². The van der Waals surface area contributed by atoms with Gasteiger partial charge in [0.1, 0.15) is 11.6 Å². The number of nitrogens with one attached hydrogen (secondary N) is 3. The number of hydrogen-bond donors (Lipinski definition) is 3. The zero-order chi connectivity index (χ0) is 19.4. The lowest BCUT2D eigenvalue weighted by atomic mass is 9.99. The van der Waals surface area contributed by atoms with E-state index >= 15 is 0 Å². The van der Waals surface area contributed by atoms with Crippen molar-refractivity contribution in [2.24, 2.45) is 0 Å². The van der Waals surface area contributed by atoms with Crippen molar-refractivity contribution < 1.29 is 27.7 Å². The van der Waals surface area contributed by atoms with E-state index in [2.05, 4.69) is 4.98 Å². The summed E-state index contributed by atoms with van der Waals surface area (Å²) in [5, 5.41) is 4.62. The minimum absolute atomic E-state index is 0.0425. The number of carbonyl (C=O) groups is 2. The van der Waals surface area contributed by atoms with Gasteiger partial charge in [0.05, 0.1) is 29.2 Å². The van der Waals surface area contributed by atoms with E-state index in [-0.39, 0.29) is 12.5 Å². The zero-order valence-corrected chi connectivity index (χ0v) is 15.3. The summed E-state index contributed by atoms with van der Waals surface area (Å²) in [6.45, 7) is 0.0552. The average Bonchev–Trinajstić information content (AvgIpc) is 3.04. The molecule has 3 amide bonds. The van der Waals surface area contributed by atoms with Crippen molar-refractivity contribution >= 4 is 33.5 Å². The van der Waals surface area contributed by atoms with Crippen LogP contribution in [0.1, 0.15) is 23.8 Å². The van der Waals surface area contributed by atoms with Gasteiger partial charge in [0.25, 0.3) is 5.91 Å². The van der Waals surface area contributed by atoms with E-state index in [4.69, 9.17) is 0 Å². The maximum atomic E-state index is 12.1. The number of quaternary nitrogens is 1. The number of nitrogens with zero attached hydrogens (tertiary/aromatic N) is 1. The molecular formula is C17H20F3N4O2S+. The van der Waals surface area contributed by atoms with Crippen LogP contribution in [0.4, 0.5) is 18.0 Å². The van der Waals surface area contributed by atoms with Gasteiger partial charge >= 0.3 is 12.2 Å². The highest BCUT2D eigenvalue weighted by Crippen LogP contribution is 2.30. The lowest BCUT2D eigenvalue weighted by molar-refractivity contribution is -0.898. The Labute approximate surface area is 157 Å².